The first-order valence-corrected chi connectivity index (χ1v) is 9.65. The summed E-state index contributed by atoms with van der Waals surface area (Å²) in [4.78, 5) is 23.2. The van der Waals surface area contributed by atoms with Crippen molar-refractivity contribution in [3.05, 3.63) is 59.7 Å². The number of hydrogen-bond acceptors (Lipinski definition) is 4. The number of anilines is 1. The van der Waals surface area contributed by atoms with Gasteiger partial charge in [-0.2, -0.15) is 0 Å². The van der Waals surface area contributed by atoms with Crippen LogP contribution in [0.5, 0.6) is 0 Å². The molecule has 136 valence electrons. The quantitative estimate of drug-likeness (QED) is 0.668. The molecule has 0 saturated carbocycles. The van der Waals surface area contributed by atoms with E-state index < -0.39 is 15.9 Å². The molecule has 8 heteroatoms. The Bertz CT molecular complexity index is 927. The van der Waals surface area contributed by atoms with E-state index >= 15 is 0 Å². The maximum Gasteiger partial charge on any atom is 0.241 e. The van der Waals surface area contributed by atoms with Crippen LogP contribution in [0.4, 0.5) is 5.69 Å². The number of hydrogen-bond donors (Lipinski definition) is 3. The Balaban J connectivity index is 1.51. The van der Waals surface area contributed by atoms with Crippen LogP contribution in [-0.4, -0.2) is 33.3 Å². The van der Waals surface area contributed by atoms with E-state index in [-0.39, 0.29) is 23.8 Å². The summed E-state index contributed by atoms with van der Waals surface area (Å²) < 4.78 is 26.9. The van der Waals surface area contributed by atoms with Crippen molar-refractivity contribution in [2.45, 2.75) is 17.7 Å². The first-order chi connectivity index (χ1) is 12.4. The van der Waals surface area contributed by atoms with Gasteiger partial charge in [0.25, 0.3) is 0 Å². The van der Waals surface area contributed by atoms with E-state index in [1.807, 2.05) is 30.3 Å². The predicted molar refractivity (Wildman–Crippen MR) is 97.1 cm³/mol. The number of fused-ring (bicyclic) bond motifs is 1. The summed E-state index contributed by atoms with van der Waals surface area (Å²) in [6.07, 6.45) is 0.823. The number of sulfonamides is 1. The normalized spacial score (nSPS) is 13.2. The molecule has 2 aromatic rings. The summed E-state index contributed by atoms with van der Waals surface area (Å²) >= 11 is 0. The van der Waals surface area contributed by atoms with Crippen molar-refractivity contribution in [2.75, 3.05) is 18.4 Å². The summed E-state index contributed by atoms with van der Waals surface area (Å²) in [7, 11) is -3.82. The number of amides is 2. The Morgan fingerprint density at radius 1 is 1.12 bits per heavy atom. The Labute approximate surface area is 151 Å². The third-order valence-corrected chi connectivity index (χ3v) is 5.41. The van der Waals surface area contributed by atoms with E-state index in [0.717, 1.165) is 5.56 Å². The van der Waals surface area contributed by atoms with Gasteiger partial charge in [-0.25, -0.2) is 13.1 Å². The molecule has 0 atom stereocenters. The smallest absolute Gasteiger partial charge is 0.241 e. The summed E-state index contributed by atoms with van der Waals surface area (Å²) in [5, 5.41) is 5.33. The van der Waals surface area contributed by atoms with Gasteiger partial charge in [-0.3, -0.25) is 9.59 Å². The lowest BCUT2D eigenvalue weighted by molar-refractivity contribution is -0.120. The predicted octanol–water partition coefficient (Wildman–Crippen LogP) is 0.818. The van der Waals surface area contributed by atoms with Crippen LogP contribution >= 0.6 is 0 Å². The number of benzene rings is 2. The molecule has 0 bridgehead atoms. The highest BCUT2D eigenvalue weighted by Gasteiger charge is 2.22. The first-order valence-electron chi connectivity index (χ1n) is 8.17. The van der Waals surface area contributed by atoms with Crippen LogP contribution in [0.1, 0.15) is 11.1 Å². The minimum Gasteiger partial charge on any atom is -0.355 e. The third kappa shape index (κ3) is 4.47. The summed E-state index contributed by atoms with van der Waals surface area (Å²) in [5.74, 6) is -0.567. The van der Waals surface area contributed by atoms with Gasteiger partial charge in [-0.05, 0) is 35.7 Å². The van der Waals surface area contributed by atoms with Gasteiger partial charge in [0, 0.05) is 12.2 Å². The van der Waals surface area contributed by atoms with E-state index in [0.29, 0.717) is 24.2 Å². The number of carbonyl (C=O) groups is 2. The van der Waals surface area contributed by atoms with Gasteiger partial charge < -0.3 is 10.6 Å². The van der Waals surface area contributed by atoms with Gasteiger partial charge in [0.15, 0.2) is 0 Å². The molecule has 3 rings (SSSR count). The van der Waals surface area contributed by atoms with E-state index in [4.69, 9.17) is 0 Å². The Morgan fingerprint density at radius 2 is 1.88 bits per heavy atom. The van der Waals surface area contributed by atoms with Gasteiger partial charge in [0.2, 0.25) is 21.8 Å². The van der Waals surface area contributed by atoms with Gasteiger partial charge in [0.05, 0.1) is 17.9 Å². The standard InChI is InChI=1S/C18H19N3O4S/c22-17-11-14-10-15(6-7-16(14)21-17)26(24,25)20-12-18(23)19-9-8-13-4-2-1-3-5-13/h1-7,10,20H,8-9,11-12H2,(H,19,23)(H,21,22). The fourth-order valence-electron chi connectivity index (χ4n) is 2.67. The molecule has 0 spiro atoms. The molecule has 26 heavy (non-hydrogen) atoms. The number of nitrogens with one attached hydrogen (secondary N) is 3. The summed E-state index contributed by atoms with van der Waals surface area (Å²) in [6, 6.07) is 14.1. The second-order valence-electron chi connectivity index (χ2n) is 5.95. The molecule has 0 fully saturated rings. The Kier molecular flexibility index (Phi) is 5.34. The van der Waals surface area contributed by atoms with Gasteiger partial charge in [-0.1, -0.05) is 30.3 Å². The van der Waals surface area contributed by atoms with Crippen LogP contribution < -0.4 is 15.4 Å². The Hall–Kier alpha value is -2.71. The molecule has 1 aliphatic heterocycles. The van der Waals surface area contributed by atoms with Gasteiger partial charge >= 0.3 is 0 Å². The van der Waals surface area contributed by atoms with Crippen LogP contribution in [0.3, 0.4) is 0 Å². The van der Waals surface area contributed by atoms with Crippen molar-refractivity contribution in [1.82, 2.24) is 10.0 Å². The largest absolute Gasteiger partial charge is 0.355 e. The second-order valence-corrected chi connectivity index (χ2v) is 7.72. The van der Waals surface area contributed by atoms with Crippen LogP contribution in [0.2, 0.25) is 0 Å². The van der Waals surface area contributed by atoms with Crippen molar-refractivity contribution in [3.63, 3.8) is 0 Å². The summed E-state index contributed by atoms with van der Waals surface area (Å²) in [6.45, 7) is 0.0859. The van der Waals surface area contributed by atoms with Crippen LogP contribution in [0, 0.1) is 0 Å². The molecule has 3 N–H and O–H groups in total. The van der Waals surface area contributed by atoms with Crippen molar-refractivity contribution in [3.8, 4) is 0 Å². The van der Waals surface area contributed by atoms with E-state index in [1.54, 1.807) is 6.07 Å². The van der Waals surface area contributed by atoms with Crippen molar-refractivity contribution >= 4 is 27.5 Å². The van der Waals surface area contributed by atoms with Gasteiger partial charge in [0.1, 0.15) is 0 Å². The molecule has 0 unspecified atom stereocenters. The van der Waals surface area contributed by atoms with E-state index in [1.165, 1.54) is 12.1 Å². The number of carbonyl (C=O) groups excluding carboxylic acids is 2. The average Bonchev–Trinajstić information content (AvgIpc) is 3.00. The lowest BCUT2D eigenvalue weighted by Gasteiger charge is -2.09. The molecule has 7 nitrogen and oxygen atoms in total. The van der Waals surface area contributed by atoms with E-state index in [2.05, 4.69) is 15.4 Å². The molecule has 0 aliphatic carbocycles. The molecule has 2 amide bonds. The lowest BCUT2D eigenvalue weighted by atomic mass is 10.1. The van der Waals surface area contributed by atoms with Crippen LogP contribution in [0.15, 0.2) is 53.4 Å². The fraction of sp³-hybridized carbons (Fsp3) is 0.222. The highest BCUT2D eigenvalue weighted by molar-refractivity contribution is 7.89. The molecule has 0 aromatic heterocycles. The lowest BCUT2D eigenvalue weighted by Crippen LogP contribution is -2.37. The van der Waals surface area contributed by atoms with E-state index in [9.17, 15) is 18.0 Å². The molecule has 0 saturated heterocycles. The van der Waals surface area contributed by atoms with Crippen molar-refractivity contribution in [1.29, 1.82) is 0 Å². The minimum atomic E-state index is -3.82. The van der Waals surface area contributed by atoms with Crippen molar-refractivity contribution < 1.29 is 18.0 Å². The minimum absolute atomic E-state index is 0.0323. The van der Waals surface area contributed by atoms with Gasteiger partial charge in [-0.15, -0.1) is 0 Å². The zero-order valence-corrected chi connectivity index (χ0v) is 14.8. The topological polar surface area (TPSA) is 104 Å². The Morgan fingerprint density at radius 3 is 2.65 bits per heavy atom. The zero-order chi connectivity index (χ0) is 18.6. The summed E-state index contributed by atoms with van der Waals surface area (Å²) in [5.41, 5.74) is 2.34. The molecular weight excluding hydrogens is 354 g/mol. The molecule has 1 aliphatic rings. The van der Waals surface area contributed by atoms with Crippen LogP contribution in [-0.2, 0) is 32.5 Å². The molecular formula is C18H19N3O4S. The molecule has 0 radical (unpaired) electrons. The first kappa shape index (κ1) is 18.1. The number of rotatable bonds is 7. The fourth-order valence-corrected chi connectivity index (χ4v) is 3.70. The second kappa shape index (κ2) is 7.67. The highest BCUT2D eigenvalue weighted by Crippen LogP contribution is 2.25. The van der Waals surface area contributed by atoms with Crippen molar-refractivity contribution in [2.24, 2.45) is 0 Å². The third-order valence-electron chi connectivity index (χ3n) is 4.01. The SMILES string of the molecule is O=C(CNS(=O)(=O)c1ccc2c(c1)CC(=O)N2)NCCc1ccccc1. The zero-order valence-electron chi connectivity index (χ0n) is 14.0. The maximum atomic E-state index is 12.3. The van der Waals surface area contributed by atoms with Crippen LogP contribution in [0.25, 0.3) is 0 Å². The monoisotopic (exact) mass is 373 g/mol. The molecule has 1 heterocycles. The molecule has 2 aromatic carbocycles. The average molecular weight is 373 g/mol. The highest BCUT2D eigenvalue weighted by atomic mass is 32.2. The maximum absolute atomic E-state index is 12.3.